The van der Waals surface area contributed by atoms with Crippen molar-refractivity contribution in [3.8, 4) is 0 Å². The molecule has 2 rings (SSSR count). The molecule has 0 fully saturated rings. The van der Waals surface area contributed by atoms with Crippen molar-refractivity contribution in [2.45, 2.75) is 24.9 Å². The van der Waals surface area contributed by atoms with Gasteiger partial charge in [-0.05, 0) is 24.1 Å². The molecule has 21 heavy (non-hydrogen) atoms. The van der Waals surface area contributed by atoms with Crippen LogP contribution in [0.15, 0.2) is 35.5 Å². The number of nitrogens with zero attached hydrogens (tertiary/aromatic N) is 3. The minimum absolute atomic E-state index is 0.220. The van der Waals surface area contributed by atoms with E-state index in [1.165, 1.54) is 4.31 Å². The van der Waals surface area contributed by atoms with E-state index in [1.54, 1.807) is 43.1 Å². The highest BCUT2D eigenvalue weighted by Crippen LogP contribution is 2.22. The second-order valence-electron chi connectivity index (χ2n) is 4.96. The average Bonchev–Trinajstić information content (AvgIpc) is 2.84. The smallest absolute Gasteiger partial charge is 0.243 e. The summed E-state index contributed by atoms with van der Waals surface area (Å²) in [6, 6.07) is 5.17. The molecule has 0 amide bonds. The van der Waals surface area contributed by atoms with Gasteiger partial charge in [0.2, 0.25) is 10.0 Å². The molecule has 0 aliphatic rings. The Kier molecular flexibility index (Phi) is 4.46. The first-order chi connectivity index (χ1) is 9.87. The number of nitrogens with two attached hydrogens (primary N) is 1. The molecule has 0 spiro atoms. The van der Waals surface area contributed by atoms with Gasteiger partial charge in [0.25, 0.3) is 0 Å². The molecule has 2 aromatic rings. The van der Waals surface area contributed by atoms with Crippen LogP contribution >= 0.6 is 0 Å². The molecule has 6 nitrogen and oxygen atoms in total. The fourth-order valence-corrected chi connectivity index (χ4v) is 3.55. The largest absolute Gasteiger partial charge is 0.337 e. The second-order valence-corrected chi connectivity index (χ2v) is 6.97. The summed E-state index contributed by atoms with van der Waals surface area (Å²) < 4.78 is 28.5. The van der Waals surface area contributed by atoms with Gasteiger partial charge in [0.05, 0.1) is 11.4 Å². The molecule has 0 unspecified atom stereocenters. The van der Waals surface area contributed by atoms with Crippen molar-refractivity contribution in [2.75, 3.05) is 7.05 Å². The SMILES string of the molecule is Cc1c(CN)cccc1S(=O)(=O)N(C)Cc1nccn1C. The van der Waals surface area contributed by atoms with Gasteiger partial charge in [0, 0.05) is 33.0 Å². The van der Waals surface area contributed by atoms with Crippen molar-refractivity contribution in [3.05, 3.63) is 47.5 Å². The summed E-state index contributed by atoms with van der Waals surface area (Å²) >= 11 is 0. The second kappa shape index (κ2) is 5.97. The van der Waals surface area contributed by atoms with E-state index in [0.717, 1.165) is 5.56 Å². The van der Waals surface area contributed by atoms with E-state index in [9.17, 15) is 8.42 Å². The first kappa shape index (κ1) is 15.7. The van der Waals surface area contributed by atoms with E-state index in [4.69, 9.17) is 5.73 Å². The summed E-state index contributed by atoms with van der Waals surface area (Å²) in [5.74, 6) is 0.689. The molecule has 0 bridgehead atoms. The minimum atomic E-state index is -3.57. The van der Waals surface area contributed by atoms with Crippen LogP contribution in [0.5, 0.6) is 0 Å². The van der Waals surface area contributed by atoms with Crippen LogP contribution in [0.4, 0.5) is 0 Å². The molecular weight excluding hydrogens is 288 g/mol. The van der Waals surface area contributed by atoms with Crippen LogP contribution in [0.3, 0.4) is 0 Å². The maximum atomic E-state index is 12.7. The summed E-state index contributed by atoms with van der Waals surface area (Å²) in [6.45, 7) is 2.32. The Hall–Kier alpha value is -1.70. The summed E-state index contributed by atoms with van der Waals surface area (Å²) in [6.07, 6.45) is 3.44. The monoisotopic (exact) mass is 308 g/mol. The molecule has 0 aliphatic carbocycles. The number of imidazole rings is 1. The standard InChI is InChI=1S/C14H20N4O2S/c1-11-12(9-15)5-4-6-13(11)21(19,20)18(3)10-14-16-7-8-17(14)2/h4-8H,9-10,15H2,1-3H3. The number of aryl methyl sites for hydroxylation is 1. The summed E-state index contributed by atoms with van der Waals surface area (Å²) in [5.41, 5.74) is 7.18. The van der Waals surface area contributed by atoms with Gasteiger partial charge >= 0.3 is 0 Å². The van der Waals surface area contributed by atoms with Crippen molar-refractivity contribution in [1.82, 2.24) is 13.9 Å². The fraction of sp³-hybridized carbons (Fsp3) is 0.357. The number of sulfonamides is 1. The maximum Gasteiger partial charge on any atom is 0.243 e. The lowest BCUT2D eigenvalue weighted by Gasteiger charge is -2.19. The van der Waals surface area contributed by atoms with Crippen LogP contribution in [0, 0.1) is 6.92 Å². The molecule has 0 aliphatic heterocycles. The quantitative estimate of drug-likeness (QED) is 0.894. The summed E-state index contributed by atoms with van der Waals surface area (Å²) in [5, 5.41) is 0. The van der Waals surface area contributed by atoms with Crippen LogP contribution in [-0.2, 0) is 30.2 Å². The average molecular weight is 308 g/mol. The molecule has 2 N–H and O–H groups in total. The van der Waals surface area contributed by atoms with Gasteiger partial charge in [-0.25, -0.2) is 13.4 Å². The zero-order valence-corrected chi connectivity index (χ0v) is 13.3. The van der Waals surface area contributed by atoms with Gasteiger partial charge in [-0.3, -0.25) is 0 Å². The van der Waals surface area contributed by atoms with E-state index < -0.39 is 10.0 Å². The van der Waals surface area contributed by atoms with E-state index in [2.05, 4.69) is 4.98 Å². The van der Waals surface area contributed by atoms with Gasteiger partial charge in [0.15, 0.2) is 0 Å². The Morgan fingerprint density at radius 3 is 2.67 bits per heavy atom. The zero-order valence-electron chi connectivity index (χ0n) is 12.4. The van der Waals surface area contributed by atoms with E-state index in [-0.39, 0.29) is 6.54 Å². The number of rotatable bonds is 5. The van der Waals surface area contributed by atoms with Crippen molar-refractivity contribution in [3.63, 3.8) is 0 Å². The summed E-state index contributed by atoms with van der Waals surface area (Å²) in [7, 11) is -0.180. The Labute approximate surface area is 125 Å². The highest BCUT2D eigenvalue weighted by Gasteiger charge is 2.24. The molecule has 1 heterocycles. The summed E-state index contributed by atoms with van der Waals surface area (Å²) in [4.78, 5) is 4.45. The number of aromatic nitrogens is 2. The maximum absolute atomic E-state index is 12.7. The molecule has 1 aromatic carbocycles. The van der Waals surface area contributed by atoms with Gasteiger partial charge in [0.1, 0.15) is 5.82 Å². The third-order valence-electron chi connectivity index (χ3n) is 3.59. The van der Waals surface area contributed by atoms with E-state index in [0.29, 0.717) is 22.8 Å². The normalized spacial score (nSPS) is 12.0. The van der Waals surface area contributed by atoms with Gasteiger partial charge < -0.3 is 10.3 Å². The predicted octanol–water partition coefficient (Wildman–Crippen LogP) is 1.01. The molecule has 0 saturated carbocycles. The lowest BCUT2D eigenvalue weighted by molar-refractivity contribution is 0.450. The molecular formula is C14H20N4O2S. The highest BCUT2D eigenvalue weighted by molar-refractivity contribution is 7.89. The number of hydrogen-bond acceptors (Lipinski definition) is 4. The third kappa shape index (κ3) is 2.99. The fourth-order valence-electron chi connectivity index (χ4n) is 2.16. The lowest BCUT2D eigenvalue weighted by Crippen LogP contribution is -2.28. The van der Waals surface area contributed by atoms with Crippen LogP contribution in [0.25, 0.3) is 0 Å². The van der Waals surface area contributed by atoms with Gasteiger partial charge in [-0.1, -0.05) is 12.1 Å². The molecule has 0 atom stereocenters. The van der Waals surface area contributed by atoms with E-state index in [1.807, 2.05) is 13.1 Å². The Balaban J connectivity index is 2.36. The number of benzene rings is 1. The van der Waals surface area contributed by atoms with Gasteiger partial charge in [-0.2, -0.15) is 4.31 Å². The highest BCUT2D eigenvalue weighted by atomic mass is 32.2. The van der Waals surface area contributed by atoms with E-state index >= 15 is 0 Å². The Morgan fingerprint density at radius 2 is 2.10 bits per heavy atom. The molecule has 114 valence electrons. The zero-order chi connectivity index (χ0) is 15.6. The Bertz CT molecular complexity index is 737. The molecule has 7 heteroatoms. The third-order valence-corrected chi connectivity index (χ3v) is 5.54. The first-order valence-electron chi connectivity index (χ1n) is 6.59. The van der Waals surface area contributed by atoms with Crippen molar-refractivity contribution in [2.24, 2.45) is 12.8 Å². The molecule has 1 aromatic heterocycles. The minimum Gasteiger partial charge on any atom is -0.337 e. The van der Waals surface area contributed by atoms with Crippen LogP contribution < -0.4 is 5.73 Å². The first-order valence-corrected chi connectivity index (χ1v) is 8.03. The molecule has 0 saturated heterocycles. The van der Waals surface area contributed by atoms with Crippen molar-refractivity contribution >= 4 is 10.0 Å². The lowest BCUT2D eigenvalue weighted by atomic mass is 10.1. The van der Waals surface area contributed by atoms with Crippen molar-refractivity contribution < 1.29 is 8.42 Å². The van der Waals surface area contributed by atoms with Crippen molar-refractivity contribution in [1.29, 1.82) is 0 Å². The topological polar surface area (TPSA) is 81.2 Å². The van der Waals surface area contributed by atoms with Gasteiger partial charge in [-0.15, -0.1) is 0 Å². The van der Waals surface area contributed by atoms with Crippen LogP contribution in [-0.4, -0.2) is 29.3 Å². The number of hydrogen-bond donors (Lipinski definition) is 1. The van der Waals surface area contributed by atoms with Crippen LogP contribution in [0.2, 0.25) is 0 Å². The predicted molar refractivity (Wildman–Crippen MR) is 80.9 cm³/mol. The Morgan fingerprint density at radius 1 is 1.38 bits per heavy atom. The van der Waals surface area contributed by atoms with Crippen LogP contribution in [0.1, 0.15) is 17.0 Å². The molecule has 0 radical (unpaired) electrons.